The van der Waals surface area contributed by atoms with E-state index in [1.54, 1.807) is 7.11 Å². The Labute approximate surface area is 129 Å². The number of ether oxygens (including phenoxy) is 1. The summed E-state index contributed by atoms with van der Waals surface area (Å²) in [5.74, 6) is 1.62. The van der Waals surface area contributed by atoms with Crippen LogP contribution in [0.1, 0.15) is 33.1 Å². The quantitative estimate of drug-likeness (QED) is 0.897. The number of nitrogens with one attached hydrogen (secondary N) is 1. The fourth-order valence-electron chi connectivity index (χ4n) is 3.60. The summed E-state index contributed by atoms with van der Waals surface area (Å²) in [5.41, 5.74) is 1.73. The van der Waals surface area contributed by atoms with Crippen LogP contribution >= 0.6 is 0 Å². The van der Waals surface area contributed by atoms with E-state index in [0.717, 1.165) is 12.3 Å². The second-order valence-corrected chi connectivity index (χ2v) is 7.14. The van der Waals surface area contributed by atoms with Crippen LogP contribution in [0.3, 0.4) is 0 Å². The van der Waals surface area contributed by atoms with E-state index < -0.39 is 0 Å². The second kappa shape index (κ2) is 6.69. The highest BCUT2D eigenvalue weighted by Crippen LogP contribution is 2.39. The number of anilines is 1. The second-order valence-electron chi connectivity index (χ2n) is 7.14. The molecular weight excluding hydrogens is 260 g/mol. The summed E-state index contributed by atoms with van der Waals surface area (Å²) in [6.45, 7) is 5.90. The summed E-state index contributed by atoms with van der Waals surface area (Å²) in [6, 6.07) is 8.99. The summed E-state index contributed by atoms with van der Waals surface area (Å²) >= 11 is 0. The molecule has 0 radical (unpaired) electrons. The van der Waals surface area contributed by atoms with E-state index in [-0.39, 0.29) is 0 Å². The van der Waals surface area contributed by atoms with Crippen LogP contribution in [0.5, 0.6) is 5.75 Å². The number of benzene rings is 1. The Balaban J connectivity index is 2.03. The maximum absolute atomic E-state index is 5.23. The van der Waals surface area contributed by atoms with Gasteiger partial charge in [0.2, 0.25) is 0 Å². The maximum Gasteiger partial charge on any atom is 0.119 e. The first-order chi connectivity index (χ1) is 9.95. The summed E-state index contributed by atoms with van der Waals surface area (Å²) in [7, 11) is 6.00. The van der Waals surface area contributed by atoms with E-state index >= 15 is 0 Å². The fraction of sp³-hybridized carbons (Fsp3) is 0.667. The first kappa shape index (κ1) is 16.2. The summed E-state index contributed by atoms with van der Waals surface area (Å²) < 4.78 is 5.23. The molecule has 0 spiro atoms. The van der Waals surface area contributed by atoms with Gasteiger partial charge in [0.15, 0.2) is 0 Å². The van der Waals surface area contributed by atoms with E-state index in [1.807, 2.05) is 12.1 Å². The molecular formula is C18H30N2O. The molecule has 21 heavy (non-hydrogen) atoms. The van der Waals surface area contributed by atoms with Gasteiger partial charge in [0.05, 0.1) is 7.11 Å². The molecule has 0 heterocycles. The highest BCUT2D eigenvalue weighted by atomic mass is 16.5. The Morgan fingerprint density at radius 1 is 1.29 bits per heavy atom. The van der Waals surface area contributed by atoms with Gasteiger partial charge < -0.3 is 15.0 Å². The van der Waals surface area contributed by atoms with Gasteiger partial charge in [-0.15, -0.1) is 0 Å². The Morgan fingerprint density at radius 3 is 2.52 bits per heavy atom. The predicted octanol–water partition coefficient (Wildman–Crippen LogP) is 3.55. The van der Waals surface area contributed by atoms with Crippen molar-refractivity contribution in [1.82, 2.24) is 5.32 Å². The zero-order valence-corrected chi connectivity index (χ0v) is 14.1. The third kappa shape index (κ3) is 4.13. The molecule has 0 amide bonds. The van der Waals surface area contributed by atoms with Crippen molar-refractivity contribution in [2.24, 2.45) is 11.3 Å². The first-order valence-electron chi connectivity index (χ1n) is 7.97. The Morgan fingerprint density at radius 2 is 1.95 bits per heavy atom. The van der Waals surface area contributed by atoms with Crippen molar-refractivity contribution >= 4 is 5.69 Å². The molecule has 2 unspecified atom stereocenters. The fourth-order valence-corrected chi connectivity index (χ4v) is 3.60. The Hall–Kier alpha value is -1.22. The van der Waals surface area contributed by atoms with Crippen LogP contribution in [-0.4, -0.2) is 33.8 Å². The molecule has 2 atom stereocenters. The highest BCUT2D eigenvalue weighted by molar-refractivity contribution is 5.48. The number of rotatable bonds is 5. The van der Waals surface area contributed by atoms with Crippen molar-refractivity contribution in [2.45, 2.75) is 39.2 Å². The van der Waals surface area contributed by atoms with Crippen LogP contribution in [0.25, 0.3) is 0 Å². The molecule has 0 aliphatic heterocycles. The average molecular weight is 290 g/mol. The molecule has 1 saturated carbocycles. The molecule has 1 aliphatic carbocycles. The molecule has 0 bridgehead atoms. The lowest BCUT2D eigenvalue weighted by atomic mass is 9.69. The van der Waals surface area contributed by atoms with Crippen LogP contribution in [0.15, 0.2) is 24.3 Å². The maximum atomic E-state index is 5.23. The molecule has 3 heteroatoms. The molecule has 2 rings (SSSR count). The topological polar surface area (TPSA) is 24.5 Å². The van der Waals surface area contributed by atoms with Crippen molar-refractivity contribution in [3.63, 3.8) is 0 Å². The van der Waals surface area contributed by atoms with Crippen molar-refractivity contribution in [2.75, 3.05) is 32.6 Å². The lowest BCUT2D eigenvalue weighted by Crippen LogP contribution is -2.45. The van der Waals surface area contributed by atoms with Gasteiger partial charge in [0.25, 0.3) is 0 Å². The molecule has 1 aliphatic rings. The minimum atomic E-state index is 0.471. The normalized spacial score (nSPS) is 24.6. The summed E-state index contributed by atoms with van der Waals surface area (Å²) in [5, 5.41) is 3.52. The van der Waals surface area contributed by atoms with E-state index in [9.17, 15) is 0 Å². The van der Waals surface area contributed by atoms with Crippen molar-refractivity contribution in [3.05, 3.63) is 24.3 Å². The third-order valence-corrected chi connectivity index (χ3v) is 4.91. The number of hydrogen-bond donors (Lipinski definition) is 1. The Kier molecular flexibility index (Phi) is 5.15. The lowest BCUT2D eigenvalue weighted by Gasteiger charge is -2.42. The number of hydrogen-bond acceptors (Lipinski definition) is 3. The average Bonchev–Trinajstić information content (AvgIpc) is 2.47. The predicted molar refractivity (Wildman–Crippen MR) is 90.2 cm³/mol. The van der Waals surface area contributed by atoms with Gasteiger partial charge in [0, 0.05) is 25.3 Å². The van der Waals surface area contributed by atoms with Gasteiger partial charge in [-0.3, -0.25) is 0 Å². The molecule has 1 aromatic rings. The summed E-state index contributed by atoms with van der Waals surface area (Å²) in [4.78, 5) is 2.37. The van der Waals surface area contributed by atoms with Crippen LogP contribution in [0.2, 0.25) is 0 Å². The molecule has 1 aromatic carbocycles. The summed E-state index contributed by atoms with van der Waals surface area (Å²) in [6.07, 6.45) is 3.89. The molecule has 118 valence electrons. The largest absolute Gasteiger partial charge is 0.497 e. The van der Waals surface area contributed by atoms with Crippen molar-refractivity contribution in [1.29, 1.82) is 0 Å². The zero-order valence-electron chi connectivity index (χ0n) is 14.1. The van der Waals surface area contributed by atoms with Gasteiger partial charge in [-0.25, -0.2) is 0 Å². The molecule has 0 aromatic heterocycles. The van der Waals surface area contributed by atoms with Crippen molar-refractivity contribution in [3.8, 4) is 5.75 Å². The van der Waals surface area contributed by atoms with Gasteiger partial charge in [0.1, 0.15) is 5.75 Å². The molecule has 1 fully saturated rings. The van der Waals surface area contributed by atoms with Gasteiger partial charge in [-0.05, 0) is 61.9 Å². The standard InChI is InChI=1S/C18H30N2O/c1-18(2)11-10-17(19-3)14(12-18)13-20(4)15-6-8-16(21-5)9-7-15/h6-9,14,17,19H,10-13H2,1-5H3. The molecule has 1 N–H and O–H groups in total. The number of nitrogens with zero attached hydrogens (tertiary/aromatic N) is 1. The first-order valence-corrected chi connectivity index (χ1v) is 7.97. The van der Waals surface area contributed by atoms with Crippen LogP contribution in [0.4, 0.5) is 5.69 Å². The Bertz CT molecular complexity index is 441. The SMILES string of the molecule is CNC1CCC(C)(C)CC1CN(C)c1ccc(OC)cc1. The van der Waals surface area contributed by atoms with Gasteiger partial charge >= 0.3 is 0 Å². The minimum Gasteiger partial charge on any atom is -0.497 e. The smallest absolute Gasteiger partial charge is 0.119 e. The monoisotopic (exact) mass is 290 g/mol. The van der Waals surface area contributed by atoms with Crippen LogP contribution in [-0.2, 0) is 0 Å². The van der Waals surface area contributed by atoms with Gasteiger partial charge in [-0.2, -0.15) is 0 Å². The van der Waals surface area contributed by atoms with E-state index in [0.29, 0.717) is 17.4 Å². The lowest BCUT2D eigenvalue weighted by molar-refractivity contribution is 0.146. The van der Waals surface area contributed by atoms with E-state index in [1.165, 1.54) is 24.9 Å². The van der Waals surface area contributed by atoms with Crippen LogP contribution < -0.4 is 15.0 Å². The highest BCUT2D eigenvalue weighted by Gasteiger charge is 2.34. The number of methoxy groups -OCH3 is 1. The van der Waals surface area contributed by atoms with Gasteiger partial charge in [-0.1, -0.05) is 13.8 Å². The zero-order chi connectivity index (χ0) is 15.5. The minimum absolute atomic E-state index is 0.471. The van der Waals surface area contributed by atoms with Crippen molar-refractivity contribution < 1.29 is 4.74 Å². The van der Waals surface area contributed by atoms with E-state index in [2.05, 4.69) is 50.3 Å². The third-order valence-electron chi connectivity index (χ3n) is 4.91. The molecule has 0 saturated heterocycles. The molecule has 3 nitrogen and oxygen atoms in total. The van der Waals surface area contributed by atoms with E-state index in [4.69, 9.17) is 4.74 Å². The van der Waals surface area contributed by atoms with Crippen LogP contribution in [0, 0.1) is 11.3 Å².